The zero-order valence-electron chi connectivity index (χ0n) is 16.9. The van der Waals surface area contributed by atoms with Crippen LogP contribution in [0.4, 0.5) is 0 Å². The number of hydrogen-bond donors (Lipinski definition) is 3. The molecule has 0 radical (unpaired) electrons. The second-order valence-electron chi connectivity index (χ2n) is 8.91. The number of hydrogen-bond acceptors (Lipinski definition) is 7. The predicted octanol–water partition coefficient (Wildman–Crippen LogP) is 2.01. The number of aliphatic hydroxyl groups excluding tert-OH is 1. The fourth-order valence-electron chi connectivity index (χ4n) is 4.06. The number of nitrogens with one attached hydrogen (secondary N) is 2. The topological polar surface area (TPSA) is 101 Å². The van der Waals surface area contributed by atoms with Crippen molar-refractivity contribution in [2.75, 3.05) is 19.7 Å². The minimum Gasteiger partial charge on any atom is -0.467 e. The van der Waals surface area contributed by atoms with Crippen LogP contribution < -0.4 is 15.4 Å². The first-order chi connectivity index (χ1) is 13.2. The Labute approximate surface area is 170 Å². The van der Waals surface area contributed by atoms with Gasteiger partial charge in [0.2, 0.25) is 0 Å². The summed E-state index contributed by atoms with van der Waals surface area (Å²) in [6, 6.07) is 0. The molecule has 2 saturated carbocycles. The third-order valence-electron chi connectivity index (χ3n) is 5.53. The number of β-amino-alcohol motifs (C(OH)–C–C–N with tert-alkyl or cyclic N) is 1. The molecule has 4 atom stereocenters. The zero-order chi connectivity index (χ0) is 20.3. The highest BCUT2D eigenvalue weighted by Crippen LogP contribution is 2.46. The van der Waals surface area contributed by atoms with Gasteiger partial charge < -0.3 is 20.5 Å². The summed E-state index contributed by atoms with van der Waals surface area (Å²) in [6.07, 6.45) is 4.81. The van der Waals surface area contributed by atoms with E-state index in [0.29, 0.717) is 34.9 Å². The molecule has 0 spiro atoms. The van der Waals surface area contributed by atoms with Gasteiger partial charge in [-0.15, -0.1) is 0 Å². The van der Waals surface area contributed by atoms with Gasteiger partial charge in [0.15, 0.2) is 0 Å². The Balaban J connectivity index is 1.37. The minimum absolute atomic E-state index is 0.0733. The van der Waals surface area contributed by atoms with Crippen LogP contribution in [-0.4, -0.2) is 53.1 Å². The highest BCUT2D eigenvalue weighted by molar-refractivity contribution is 7.15. The molecule has 7 nitrogen and oxygen atoms in total. The van der Waals surface area contributed by atoms with E-state index in [1.165, 1.54) is 6.20 Å². The van der Waals surface area contributed by atoms with Crippen LogP contribution in [0.1, 0.15) is 56.1 Å². The molecule has 2 bridgehead atoms. The summed E-state index contributed by atoms with van der Waals surface area (Å²) in [5.74, 6) is 1.14. The van der Waals surface area contributed by atoms with Crippen molar-refractivity contribution in [3.63, 3.8) is 0 Å². The van der Waals surface area contributed by atoms with Crippen LogP contribution in [0, 0.1) is 17.8 Å². The third kappa shape index (κ3) is 5.52. The number of carbonyl (C=O) groups is 2. The number of ketones is 1. The van der Waals surface area contributed by atoms with Crippen molar-refractivity contribution >= 4 is 23.0 Å². The average Bonchev–Trinajstić information content (AvgIpc) is 3.35. The number of rotatable bonds is 9. The van der Waals surface area contributed by atoms with Gasteiger partial charge in [-0.1, -0.05) is 11.3 Å². The van der Waals surface area contributed by atoms with Crippen molar-refractivity contribution in [1.82, 2.24) is 15.6 Å². The van der Waals surface area contributed by atoms with Gasteiger partial charge in [-0.05, 0) is 52.4 Å². The minimum atomic E-state index is -0.653. The fourth-order valence-corrected chi connectivity index (χ4v) is 4.75. The monoisotopic (exact) mass is 409 g/mol. The van der Waals surface area contributed by atoms with E-state index in [9.17, 15) is 14.7 Å². The van der Waals surface area contributed by atoms with Crippen LogP contribution in [0.15, 0.2) is 6.20 Å². The molecular weight excluding hydrogens is 378 g/mol. The summed E-state index contributed by atoms with van der Waals surface area (Å²) in [6.45, 7) is 7.12. The molecule has 8 heteroatoms. The molecular formula is C20H31N3O4S. The van der Waals surface area contributed by atoms with E-state index >= 15 is 0 Å². The lowest BCUT2D eigenvalue weighted by Crippen LogP contribution is -2.42. The standard InChI is InChI=1S/C20H31N3O4S/c1-20(2,3)23-9-14(24)11-27-19-22-10-16(28-19)18(26)21-7-6-15-12-4-5-13(8-12)17(15)25/h10,12-15,23-24H,4-9,11H2,1-3H3,(H,21,26). The van der Waals surface area contributed by atoms with Crippen molar-refractivity contribution in [3.05, 3.63) is 11.1 Å². The van der Waals surface area contributed by atoms with Gasteiger partial charge in [0.1, 0.15) is 23.4 Å². The van der Waals surface area contributed by atoms with Crippen molar-refractivity contribution < 1.29 is 19.4 Å². The van der Waals surface area contributed by atoms with E-state index in [2.05, 4.69) is 15.6 Å². The number of amides is 1. The quantitative estimate of drug-likeness (QED) is 0.577. The summed E-state index contributed by atoms with van der Waals surface area (Å²) in [4.78, 5) is 29.0. The number of fused-ring (bicyclic) bond motifs is 2. The first-order valence-corrected chi connectivity index (χ1v) is 10.9. The number of aliphatic hydroxyl groups is 1. The van der Waals surface area contributed by atoms with Crippen molar-refractivity contribution in [3.8, 4) is 5.19 Å². The van der Waals surface area contributed by atoms with E-state index in [1.807, 2.05) is 20.8 Å². The maximum atomic E-state index is 12.3. The first kappa shape index (κ1) is 21.2. The van der Waals surface area contributed by atoms with E-state index in [1.54, 1.807) is 0 Å². The van der Waals surface area contributed by atoms with Crippen molar-refractivity contribution in [2.45, 2.75) is 58.1 Å². The third-order valence-corrected chi connectivity index (χ3v) is 6.44. The molecule has 156 valence electrons. The highest BCUT2D eigenvalue weighted by Gasteiger charge is 2.46. The average molecular weight is 410 g/mol. The van der Waals surface area contributed by atoms with Crippen molar-refractivity contribution in [1.29, 1.82) is 0 Å². The normalized spacial score (nSPS) is 25.1. The summed E-state index contributed by atoms with van der Waals surface area (Å²) >= 11 is 1.16. The zero-order valence-corrected chi connectivity index (χ0v) is 17.7. The molecule has 0 saturated heterocycles. The van der Waals surface area contributed by atoms with Crippen LogP contribution in [0.3, 0.4) is 0 Å². The van der Waals surface area contributed by atoms with Gasteiger partial charge in [0.05, 0.1) is 6.20 Å². The molecule has 0 aliphatic heterocycles. The van der Waals surface area contributed by atoms with Crippen LogP contribution >= 0.6 is 11.3 Å². The molecule has 1 aromatic heterocycles. The molecule has 2 aliphatic carbocycles. The van der Waals surface area contributed by atoms with Gasteiger partial charge in [0.25, 0.3) is 11.1 Å². The summed E-state index contributed by atoms with van der Waals surface area (Å²) < 4.78 is 5.49. The first-order valence-electron chi connectivity index (χ1n) is 10.1. The summed E-state index contributed by atoms with van der Waals surface area (Å²) in [5.41, 5.74) is -0.0733. The molecule has 3 rings (SSSR count). The molecule has 2 aliphatic rings. The van der Waals surface area contributed by atoms with Gasteiger partial charge in [-0.3, -0.25) is 9.59 Å². The molecule has 3 N–H and O–H groups in total. The maximum Gasteiger partial charge on any atom is 0.273 e. The van der Waals surface area contributed by atoms with Gasteiger partial charge >= 0.3 is 0 Å². The SMILES string of the molecule is CC(C)(C)NCC(O)COc1ncc(C(=O)NCCC2C(=O)C3CCC2C3)s1. The number of nitrogens with zero attached hydrogens (tertiary/aromatic N) is 1. The summed E-state index contributed by atoms with van der Waals surface area (Å²) in [7, 11) is 0. The molecule has 4 unspecified atom stereocenters. The Morgan fingerprint density at radius 2 is 2.21 bits per heavy atom. The fraction of sp³-hybridized carbons (Fsp3) is 0.750. The Bertz CT molecular complexity index is 700. The lowest BCUT2D eigenvalue weighted by molar-refractivity contribution is -0.125. The number of carbonyl (C=O) groups excluding carboxylic acids is 2. The second kappa shape index (κ2) is 8.88. The molecule has 0 aromatic carbocycles. The van der Waals surface area contributed by atoms with Crippen LogP contribution in [0.5, 0.6) is 5.19 Å². The molecule has 1 heterocycles. The summed E-state index contributed by atoms with van der Waals surface area (Å²) in [5, 5.41) is 16.4. The van der Waals surface area contributed by atoms with E-state index in [4.69, 9.17) is 4.74 Å². The highest BCUT2D eigenvalue weighted by atomic mass is 32.1. The Kier molecular flexibility index (Phi) is 6.73. The van der Waals surface area contributed by atoms with Crippen LogP contribution in [-0.2, 0) is 4.79 Å². The lowest BCUT2D eigenvalue weighted by atomic mass is 9.85. The van der Waals surface area contributed by atoms with Gasteiger partial charge in [-0.25, -0.2) is 4.98 Å². The van der Waals surface area contributed by atoms with E-state index in [-0.39, 0.29) is 29.9 Å². The van der Waals surface area contributed by atoms with Gasteiger partial charge in [-0.2, -0.15) is 0 Å². The number of thiazole rings is 1. The lowest BCUT2D eigenvalue weighted by Gasteiger charge is -2.22. The predicted molar refractivity (Wildman–Crippen MR) is 108 cm³/mol. The molecule has 2 fully saturated rings. The Hall–Kier alpha value is -1.51. The Morgan fingerprint density at radius 1 is 1.43 bits per heavy atom. The smallest absolute Gasteiger partial charge is 0.273 e. The van der Waals surface area contributed by atoms with Crippen LogP contribution in [0.2, 0.25) is 0 Å². The Morgan fingerprint density at radius 3 is 2.89 bits per heavy atom. The van der Waals surface area contributed by atoms with E-state index in [0.717, 1.165) is 37.0 Å². The number of Topliss-reactive ketones (excluding diaryl/α,β-unsaturated/α-hetero) is 1. The number of ether oxygens (including phenoxy) is 1. The largest absolute Gasteiger partial charge is 0.467 e. The molecule has 1 amide bonds. The molecule has 28 heavy (non-hydrogen) atoms. The van der Waals surface area contributed by atoms with Gasteiger partial charge in [0, 0.05) is 30.5 Å². The second-order valence-corrected chi connectivity index (χ2v) is 9.90. The van der Waals surface area contributed by atoms with Crippen LogP contribution in [0.25, 0.3) is 0 Å². The van der Waals surface area contributed by atoms with E-state index < -0.39 is 6.10 Å². The van der Waals surface area contributed by atoms with Crippen molar-refractivity contribution in [2.24, 2.45) is 17.8 Å². The number of aromatic nitrogens is 1. The maximum absolute atomic E-state index is 12.3. The molecule has 1 aromatic rings.